The van der Waals surface area contributed by atoms with E-state index in [1.807, 2.05) is 0 Å². The molecular weight excluding hydrogens is 228 g/mol. The summed E-state index contributed by atoms with van der Waals surface area (Å²) in [5.74, 6) is 0.564. The van der Waals surface area contributed by atoms with E-state index in [2.05, 4.69) is 9.80 Å². The lowest BCUT2D eigenvalue weighted by atomic mass is 9.98. The summed E-state index contributed by atoms with van der Waals surface area (Å²) in [6.45, 7) is 8.33. The zero-order valence-corrected chi connectivity index (χ0v) is 11.4. The molecule has 1 heterocycles. The summed E-state index contributed by atoms with van der Waals surface area (Å²) in [4.78, 5) is 16.1. The first-order valence-corrected chi connectivity index (χ1v) is 7.01. The third-order valence-corrected chi connectivity index (χ3v) is 4.19. The smallest absolute Gasteiger partial charge is 0.237 e. The van der Waals surface area contributed by atoms with Crippen LogP contribution in [0, 0.1) is 5.92 Å². The number of nitrogens with two attached hydrogens (primary N) is 2. The van der Waals surface area contributed by atoms with E-state index in [1.165, 1.54) is 19.4 Å². The van der Waals surface area contributed by atoms with E-state index >= 15 is 0 Å². The van der Waals surface area contributed by atoms with Crippen LogP contribution in [0.25, 0.3) is 0 Å². The van der Waals surface area contributed by atoms with Gasteiger partial charge in [0.15, 0.2) is 0 Å². The van der Waals surface area contributed by atoms with Gasteiger partial charge in [-0.15, -0.1) is 0 Å². The fraction of sp³-hybridized carbons (Fsp3) is 0.923. The summed E-state index contributed by atoms with van der Waals surface area (Å²) < 4.78 is 0. The maximum Gasteiger partial charge on any atom is 0.237 e. The minimum Gasteiger partial charge on any atom is -0.368 e. The normalized spacial score (nSPS) is 25.9. The largest absolute Gasteiger partial charge is 0.368 e. The van der Waals surface area contributed by atoms with Crippen molar-refractivity contribution in [1.82, 2.24) is 9.80 Å². The van der Waals surface area contributed by atoms with Gasteiger partial charge in [-0.2, -0.15) is 0 Å². The molecule has 1 unspecified atom stereocenters. The second-order valence-electron chi connectivity index (χ2n) is 6.12. The number of carbonyl (C=O) groups is 1. The van der Waals surface area contributed by atoms with Crippen LogP contribution >= 0.6 is 0 Å². The maximum atomic E-state index is 11.1. The molecule has 2 rings (SSSR count). The van der Waals surface area contributed by atoms with Crippen molar-refractivity contribution in [1.29, 1.82) is 0 Å². The van der Waals surface area contributed by atoms with Crippen molar-refractivity contribution in [3.8, 4) is 0 Å². The lowest BCUT2D eigenvalue weighted by Gasteiger charge is -2.36. The second-order valence-corrected chi connectivity index (χ2v) is 6.12. The Labute approximate surface area is 109 Å². The molecule has 0 radical (unpaired) electrons. The van der Waals surface area contributed by atoms with Crippen molar-refractivity contribution in [3.05, 3.63) is 0 Å². The zero-order chi connectivity index (χ0) is 13.2. The van der Waals surface area contributed by atoms with Gasteiger partial charge in [0.1, 0.15) is 0 Å². The van der Waals surface area contributed by atoms with Crippen LogP contribution < -0.4 is 11.5 Å². The molecular formula is C13H26N4O. The Balaban J connectivity index is 1.65. The monoisotopic (exact) mass is 254 g/mol. The Morgan fingerprint density at radius 3 is 2.28 bits per heavy atom. The number of hydrogen-bond acceptors (Lipinski definition) is 4. The highest BCUT2D eigenvalue weighted by atomic mass is 16.1. The van der Waals surface area contributed by atoms with Crippen LogP contribution in [0.5, 0.6) is 0 Å². The first kappa shape index (κ1) is 13.8. The molecule has 4 N–H and O–H groups in total. The molecule has 0 aromatic heterocycles. The molecule has 1 aliphatic carbocycles. The van der Waals surface area contributed by atoms with E-state index in [-0.39, 0.29) is 0 Å². The lowest BCUT2D eigenvalue weighted by Crippen LogP contribution is -2.53. The summed E-state index contributed by atoms with van der Waals surface area (Å²) in [6.07, 6.45) is 3.49. The number of nitrogens with zero attached hydrogens (tertiary/aromatic N) is 2. The summed E-state index contributed by atoms with van der Waals surface area (Å²) in [5, 5.41) is 0. The van der Waals surface area contributed by atoms with E-state index in [0.717, 1.165) is 38.6 Å². The maximum absolute atomic E-state index is 11.1. The van der Waals surface area contributed by atoms with Crippen LogP contribution in [0.3, 0.4) is 0 Å². The lowest BCUT2D eigenvalue weighted by molar-refractivity contribution is -0.122. The molecule has 1 aliphatic heterocycles. The molecule has 1 saturated carbocycles. The van der Waals surface area contributed by atoms with E-state index in [1.54, 1.807) is 6.92 Å². The summed E-state index contributed by atoms with van der Waals surface area (Å²) in [7, 11) is 0. The van der Waals surface area contributed by atoms with Crippen molar-refractivity contribution < 1.29 is 4.79 Å². The highest BCUT2D eigenvalue weighted by Gasteiger charge is 2.29. The highest BCUT2D eigenvalue weighted by molar-refractivity contribution is 5.83. The molecule has 0 aromatic rings. The number of amides is 1. The predicted octanol–water partition coefficient (Wildman–Crippen LogP) is -0.393. The Kier molecular flexibility index (Phi) is 4.25. The number of hydrogen-bond donors (Lipinski definition) is 2. The molecule has 0 bridgehead atoms. The van der Waals surface area contributed by atoms with E-state index in [0.29, 0.717) is 6.42 Å². The molecule has 18 heavy (non-hydrogen) atoms. The van der Waals surface area contributed by atoms with Crippen molar-refractivity contribution in [2.45, 2.75) is 31.7 Å². The van der Waals surface area contributed by atoms with Crippen LogP contribution in [0.1, 0.15) is 26.2 Å². The highest BCUT2D eigenvalue weighted by Crippen LogP contribution is 2.29. The van der Waals surface area contributed by atoms with Gasteiger partial charge in [0, 0.05) is 39.3 Å². The molecule has 0 aromatic carbocycles. The Bertz CT molecular complexity index is 293. The first-order chi connectivity index (χ1) is 8.47. The third-order valence-electron chi connectivity index (χ3n) is 4.19. The van der Waals surface area contributed by atoms with Crippen LogP contribution in [-0.4, -0.2) is 60.5 Å². The summed E-state index contributed by atoms with van der Waals surface area (Å²) in [5.41, 5.74) is 10.3. The molecule has 2 fully saturated rings. The Morgan fingerprint density at radius 1 is 1.22 bits per heavy atom. The molecule has 1 saturated heterocycles. The minimum atomic E-state index is -0.870. The topological polar surface area (TPSA) is 75.6 Å². The van der Waals surface area contributed by atoms with Crippen LogP contribution in [0.2, 0.25) is 0 Å². The Morgan fingerprint density at radius 2 is 1.78 bits per heavy atom. The average Bonchev–Trinajstić information content (AvgIpc) is 3.12. The van der Waals surface area contributed by atoms with Gasteiger partial charge >= 0.3 is 0 Å². The van der Waals surface area contributed by atoms with Gasteiger partial charge < -0.3 is 21.3 Å². The molecule has 1 atom stereocenters. The second kappa shape index (κ2) is 5.55. The van der Waals surface area contributed by atoms with Gasteiger partial charge in [0.05, 0.1) is 5.54 Å². The van der Waals surface area contributed by atoms with Crippen molar-refractivity contribution in [3.63, 3.8) is 0 Å². The fourth-order valence-corrected chi connectivity index (χ4v) is 2.37. The van der Waals surface area contributed by atoms with Crippen LogP contribution in [-0.2, 0) is 4.79 Å². The molecule has 1 amide bonds. The quantitative estimate of drug-likeness (QED) is 0.677. The van der Waals surface area contributed by atoms with Gasteiger partial charge in [0.2, 0.25) is 5.91 Å². The van der Waals surface area contributed by atoms with Crippen molar-refractivity contribution in [2.24, 2.45) is 17.4 Å². The van der Waals surface area contributed by atoms with Crippen LogP contribution in [0.4, 0.5) is 0 Å². The van der Waals surface area contributed by atoms with Gasteiger partial charge in [0.25, 0.3) is 0 Å². The molecule has 5 nitrogen and oxygen atoms in total. The van der Waals surface area contributed by atoms with Gasteiger partial charge in [-0.1, -0.05) is 0 Å². The molecule has 0 spiro atoms. The molecule has 5 heteroatoms. The number of piperazine rings is 1. The SMILES string of the molecule is CC(N)(CCN1CCN(CC2CC2)CC1)C(N)=O. The number of rotatable bonds is 6. The van der Waals surface area contributed by atoms with E-state index in [9.17, 15) is 4.79 Å². The fourth-order valence-electron chi connectivity index (χ4n) is 2.37. The van der Waals surface area contributed by atoms with Gasteiger partial charge in [-0.05, 0) is 32.1 Å². The molecule has 2 aliphatic rings. The Hall–Kier alpha value is -0.650. The number of primary amides is 1. The van der Waals surface area contributed by atoms with E-state index in [4.69, 9.17) is 11.5 Å². The zero-order valence-electron chi connectivity index (χ0n) is 11.4. The standard InChI is InChI=1S/C13H26N4O/c1-13(15,12(14)18)4-5-16-6-8-17(9-7-16)10-11-2-3-11/h11H,2-10,15H2,1H3,(H2,14,18). The van der Waals surface area contributed by atoms with E-state index < -0.39 is 11.4 Å². The van der Waals surface area contributed by atoms with Crippen molar-refractivity contribution in [2.75, 3.05) is 39.3 Å². The number of carbonyl (C=O) groups excluding carboxylic acids is 1. The average molecular weight is 254 g/mol. The minimum absolute atomic E-state index is 0.408. The first-order valence-electron chi connectivity index (χ1n) is 7.01. The third kappa shape index (κ3) is 3.93. The molecule has 104 valence electrons. The van der Waals surface area contributed by atoms with Crippen LogP contribution in [0.15, 0.2) is 0 Å². The summed E-state index contributed by atoms with van der Waals surface area (Å²) >= 11 is 0. The summed E-state index contributed by atoms with van der Waals surface area (Å²) in [6, 6.07) is 0. The van der Waals surface area contributed by atoms with Crippen molar-refractivity contribution >= 4 is 5.91 Å². The van der Waals surface area contributed by atoms with Gasteiger partial charge in [-0.25, -0.2) is 0 Å². The van der Waals surface area contributed by atoms with Gasteiger partial charge in [-0.3, -0.25) is 4.79 Å². The predicted molar refractivity (Wildman–Crippen MR) is 72.0 cm³/mol.